The van der Waals surface area contributed by atoms with Gasteiger partial charge in [0.1, 0.15) is 0 Å². The van der Waals surface area contributed by atoms with Crippen molar-refractivity contribution >= 4 is 17.1 Å². The molecule has 2 saturated heterocycles. The molecule has 2 aromatic rings. The summed E-state index contributed by atoms with van der Waals surface area (Å²) in [5, 5.41) is 6.21. The van der Waals surface area contributed by atoms with Crippen molar-refractivity contribution in [2.75, 3.05) is 39.3 Å². The molecule has 26 heavy (non-hydrogen) atoms. The average Bonchev–Trinajstić information content (AvgIpc) is 3.03. The number of aromatic amines is 1. The van der Waals surface area contributed by atoms with Crippen LogP contribution in [0.3, 0.4) is 0 Å². The second-order valence-corrected chi connectivity index (χ2v) is 6.92. The molecule has 1 aromatic carbocycles. The van der Waals surface area contributed by atoms with Gasteiger partial charge >= 0.3 is 11.7 Å². The molecule has 4 rings (SSSR count). The highest BCUT2D eigenvalue weighted by Crippen LogP contribution is 2.24. The van der Waals surface area contributed by atoms with Gasteiger partial charge in [-0.05, 0) is 25.0 Å². The fourth-order valence-electron chi connectivity index (χ4n) is 3.83. The van der Waals surface area contributed by atoms with Crippen molar-refractivity contribution in [2.24, 2.45) is 0 Å². The van der Waals surface area contributed by atoms with E-state index in [2.05, 4.69) is 15.6 Å². The number of nitrogens with one attached hydrogen (secondary N) is 3. The van der Waals surface area contributed by atoms with Crippen LogP contribution in [0.1, 0.15) is 18.9 Å². The van der Waals surface area contributed by atoms with Crippen molar-refractivity contribution in [3.8, 4) is 0 Å². The molecule has 2 aliphatic heterocycles. The number of carbonyl (C=O) groups is 1. The number of hydrogen-bond donors (Lipinski definition) is 3. The number of imidazole rings is 1. The first kappa shape index (κ1) is 17.1. The number of ether oxygens (including phenoxy) is 1. The molecule has 2 fully saturated rings. The Morgan fingerprint density at radius 2 is 2.08 bits per heavy atom. The topological polar surface area (TPSA) is 91.4 Å². The number of likely N-dealkylation sites (tertiary alicyclic amines) is 1. The molecule has 1 aromatic heterocycles. The van der Waals surface area contributed by atoms with Crippen LogP contribution in [0.4, 0.5) is 4.79 Å². The zero-order valence-corrected chi connectivity index (χ0v) is 14.7. The molecule has 8 heteroatoms. The molecular formula is C18H25N5O3. The molecule has 1 atom stereocenters. The molecule has 140 valence electrons. The second-order valence-electron chi connectivity index (χ2n) is 6.92. The lowest BCUT2D eigenvalue weighted by molar-refractivity contribution is 0.0297. The number of amides is 2. The normalized spacial score (nSPS) is 21.8. The van der Waals surface area contributed by atoms with E-state index in [0.717, 1.165) is 37.0 Å². The van der Waals surface area contributed by atoms with E-state index in [1.807, 2.05) is 33.7 Å². The lowest BCUT2D eigenvalue weighted by Crippen LogP contribution is -2.50. The Hall–Kier alpha value is -2.32. The molecule has 0 saturated carbocycles. The predicted octanol–water partition coefficient (Wildman–Crippen LogP) is 0.665. The van der Waals surface area contributed by atoms with E-state index in [9.17, 15) is 9.59 Å². The lowest BCUT2D eigenvalue weighted by atomic mass is 10.0. The monoisotopic (exact) mass is 359 g/mol. The highest BCUT2D eigenvalue weighted by Gasteiger charge is 2.26. The van der Waals surface area contributed by atoms with E-state index >= 15 is 0 Å². The largest absolute Gasteiger partial charge is 0.374 e. The minimum atomic E-state index is -0.0731. The average molecular weight is 359 g/mol. The van der Waals surface area contributed by atoms with Crippen LogP contribution in [-0.2, 0) is 4.74 Å². The number of nitrogens with zero attached hydrogens (tertiary/aromatic N) is 2. The van der Waals surface area contributed by atoms with Crippen LogP contribution in [0, 0.1) is 0 Å². The summed E-state index contributed by atoms with van der Waals surface area (Å²) < 4.78 is 7.44. The van der Waals surface area contributed by atoms with E-state index in [0.29, 0.717) is 26.2 Å². The maximum atomic E-state index is 12.4. The minimum absolute atomic E-state index is 0.0371. The second kappa shape index (κ2) is 7.51. The smallest absolute Gasteiger partial charge is 0.326 e. The van der Waals surface area contributed by atoms with Crippen molar-refractivity contribution in [3.63, 3.8) is 0 Å². The number of rotatable bonds is 3. The molecule has 0 spiro atoms. The molecule has 8 nitrogen and oxygen atoms in total. The third-order valence-electron chi connectivity index (χ3n) is 5.23. The third-order valence-corrected chi connectivity index (χ3v) is 5.23. The predicted molar refractivity (Wildman–Crippen MR) is 98.4 cm³/mol. The maximum absolute atomic E-state index is 12.4. The van der Waals surface area contributed by atoms with Gasteiger partial charge in [-0.2, -0.15) is 0 Å². The number of carbonyl (C=O) groups excluding carboxylic acids is 1. The van der Waals surface area contributed by atoms with Gasteiger partial charge in [-0.3, -0.25) is 4.57 Å². The van der Waals surface area contributed by atoms with Crippen molar-refractivity contribution in [2.45, 2.75) is 25.0 Å². The molecule has 0 aliphatic carbocycles. The van der Waals surface area contributed by atoms with Gasteiger partial charge in [-0.1, -0.05) is 12.1 Å². The number of fused-ring (bicyclic) bond motifs is 1. The Balaban J connectivity index is 1.34. The summed E-state index contributed by atoms with van der Waals surface area (Å²) in [4.78, 5) is 29.4. The van der Waals surface area contributed by atoms with E-state index in [4.69, 9.17) is 4.74 Å². The van der Waals surface area contributed by atoms with E-state index in [1.54, 1.807) is 0 Å². The van der Waals surface area contributed by atoms with Gasteiger partial charge in [-0.15, -0.1) is 0 Å². The van der Waals surface area contributed by atoms with Crippen molar-refractivity contribution in [3.05, 3.63) is 34.7 Å². The SMILES string of the molecule is O=C(NCC1CNCCO1)N1CCC(n2c(=O)[nH]c3ccccc32)CC1. The zero-order valence-electron chi connectivity index (χ0n) is 14.7. The fourth-order valence-corrected chi connectivity index (χ4v) is 3.83. The van der Waals surface area contributed by atoms with Crippen molar-refractivity contribution < 1.29 is 9.53 Å². The number of urea groups is 1. The summed E-state index contributed by atoms with van der Waals surface area (Å²) in [5.74, 6) is 0. The van der Waals surface area contributed by atoms with Crippen molar-refractivity contribution in [1.82, 2.24) is 25.1 Å². The summed E-state index contributed by atoms with van der Waals surface area (Å²) in [6.45, 7) is 4.13. The van der Waals surface area contributed by atoms with Gasteiger partial charge in [-0.25, -0.2) is 9.59 Å². The number of piperidine rings is 1. The van der Waals surface area contributed by atoms with Crippen LogP contribution in [0.25, 0.3) is 11.0 Å². The Morgan fingerprint density at radius 1 is 1.27 bits per heavy atom. The summed E-state index contributed by atoms with van der Waals surface area (Å²) in [7, 11) is 0. The summed E-state index contributed by atoms with van der Waals surface area (Å²) in [5.41, 5.74) is 1.72. The van der Waals surface area contributed by atoms with Crippen LogP contribution in [-0.4, -0.2) is 65.9 Å². The number of hydrogen-bond acceptors (Lipinski definition) is 4. The Morgan fingerprint density at radius 3 is 2.85 bits per heavy atom. The van der Waals surface area contributed by atoms with E-state index < -0.39 is 0 Å². The summed E-state index contributed by atoms with van der Waals surface area (Å²) in [6, 6.07) is 7.80. The van der Waals surface area contributed by atoms with Gasteiger partial charge < -0.3 is 25.3 Å². The number of benzene rings is 1. The minimum Gasteiger partial charge on any atom is -0.374 e. The van der Waals surface area contributed by atoms with Crippen LogP contribution in [0.15, 0.2) is 29.1 Å². The first-order valence-electron chi connectivity index (χ1n) is 9.27. The van der Waals surface area contributed by atoms with Crippen LogP contribution in [0.2, 0.25) is 0 Å². The quantitative estimate of drug-likeness (QED) is 0.751. The Labute approximate surface area is 151 Å². The first-order valence-corrected chi connectivity index (χ1v) is 9.27. The van der Waals surface area contributed by atoms with E-state index in [1.165, 1.54) is 0 Å². The summed E-state index contributed by atoms with van der Waals surface area (Å²) in [6.07, 6.45) is 1.59. The van der Waals surface area contributed by atoms with Crippen LogP contribution >= 0.6 is 0 Å². The van der Waals surface area contributed by atoms with Crippen molar-refractivity contribution in [1.29, 1.82) is 0 Å². The maximum Gasteiger partial charge on any atom is 0.326 e. The summed E-state index contributed by atoms with van der Waals surface area (Å²) >= 11 is 0. The molecule has 2 amide bonds. The van der Waals surface area contributed by atoms with Gasteiger partial charge in [0.15, 0.2) is 0 Å². The number of H-pyrrole nitrogens is 1. The molecule has 1 unspecified atom stereocenters. The van der Waals surface area contributed by atoms with Gasteiger partial charge in [0.2, 0.25) is 0 Å². The molecular weight excluding hydrogens is 334 g/mol. The number of morpholine rings is 1. The molecule has 3 N–H and O–H groups in total. The Bertz CT molecular complexity index is 816. The van der Waals surface area contributed by atoms with Gasteiger partial charge in [0.05, 0.1) is 23.7 Å². The first-order chi connectivity index (χ1) is 12.7. The Kier molecular flexibility index (Phi) is 4.94. The van der Waals surface area contributed by atoms with Gasteiger partial charge in [0, 0.05) is 38.8 Å². The lowest BCUT2D eigenvalue weighted by Gasteiger charge is -2.33. The third kappa shape index (κ3) is 3.47. The zero-order chi connectivity index (χ0) is 17.9. The van der Waals surface area contributed by atoms with E-state index in [-0.39, 0.29) is 23.9 Å². The standard InChI is InChI=1S/C18H25N5O3/c24-17(20-12-14-11-19-7-10-26-14)22-8-5-13(6-9-22)23-16-4-2-1-3-15(16)21-18(23)25/h1-4,13-14,19H,5-12H2,(H,20,24)(H,21,25). The van der Waals surface area contributed by atoms with Crippen LogP contribution in [0.5, 0.6) is 0 Å². The fraction of sp³-hybridized carbons (Fsp3) is 0.556. The molecule has 2 aliphatic rings. The number of aromatic nitrogens is 2. The van der Waals surface area contributed by atoms with Gasteiger partial charge in [0.25, 0.3) is 0 Å². The highest BCUT2D eigenvalue weighted by atomic mass is 16.5. The molecule has 3 heterocycles. The highest BCUT2D eigenvalue weighted by molar-refractivity contribution is 5.75. The van der Waals surface area contributed by atoms with Crippen LogP contribution < -0.4 is 16.3 Å². The molecule has 0 radical (unpaired) electrons. The number of para-hydroxylation sites is 2. The molecule has 0 bridgehead atoms.